The van der Waals surface area contributed by atoms with Crippen molar-refractivity contribution >= 4 is 29.0 Å². The molecule has 0 aliphatic heterocycles. The third kappa shape index (κ3) is 8.58. The molecule has 2 atom stereocenters. The fourth-order valence-corrected chi connectivity index (χ4v) is 3.37. The number of carbonyl (C=O) groups excluding carboxylic acids is 1. The molecule has 1 heterocycles. The second kappa shape index (κ2) is 8.90. The van der Waals surface area contributed by atoms with E-state index in [4.69, 9.17) is 16.3 Å². The Balaban J connectivity index is 2.57. The van der Waals surface area contributed by atoms with Crippen LogP contribution in [-0.2, 0) is 4.74 Å². The number of carbonyl (C=O) groups is 1. The standard InChI is InChI=1S/C17H29ClN2O2S/c1-11(2)9-13(10-19-16(21)22-17(4,5)6)20-12(3)14-7-8-15(18)23-14/h7-8,11-13,20H,9-10H2,1-6H3,(H,19,21). The third-order valence-corrected chi connectivity index (χ3v) is 4.57. The van der Waals surface area contributed by atoms with Gasteiger partial charge in [0, 0.05) is 23.5 Å². The van der Waals surface area contributed by atoms with Crippen LogP contribution in [0.3, 0.4) is 0 Å². The normalized spacial score (nSPS) is 14.6. The van der Waals surface area contributed by atoms with Gasteiger partial charge in [0.2, 0.25) is 0 Å². The number of halogens is 1. The van der Waals surface area contributed by atoms with Gasteiger partial charge in [0.15, 0.2) is 0 Å². The minimum Gasteiger partial charge on any atom is -0.444 e. The fourth-order valence-electron chi connectivity index (χ4n) is 2.30. The molecule has 2 N–H and O–H groups in total. The lowest BCUT2D eigenvalue weighted by atomic mass is 10.0. The van der Waals surface area contributed by atoms with E-state index in [1.54, 1.807) is 11.3 Å². The predicted molar refractivity (Wildman–Crippen MR) is 98.4 cm³/mol. The Morgan fingerprint density at radius 1 is 1.30 bits per heavy atom. The van der Waals surface area contributed by atoms with E-state index in [-0.39, 0.29) is 18.2 Å². The van der Waals surface area contributed by atoms with Crippen molar-refractivity contribution in [1.82, 2.24) is 10.6 Å². The van der Waals surface area contributed by atoms with E-state index >= 15 is 0 Å². The van der Waals surface area contributed by atoms with Crippen LogP contribution in [0.4, 0.5) is 4.79 Å². The molecule has 4 nitrogen and oxygen atoms in total. The maximum Gasteiger partial charge on any atom is 0.407 e. The summed E-state index contributed by atoms with van der Waals surface area (Å²) in [6.07, 6.45) is 0.596. The van der Waals surface area contributed by atoms with E-state index in [0.29, 0.717) is 12.5 Å². The highest BCUT2D eigenvalue weighted by atomic mass is 35.5. The van der Waals surface area contributed by atoms with Crippen molar-refractivity contribution in [3.63, 3.8) is 0 Å². The van der Waals surface area contributed by atoms with Gasteiger partial charge in [-0.3, -0.25) is 0 Å². The average molecular weight is 361 g/mol. The molecule has 0 radical (unpaired) electrons. The number of amides is 1. The first-order valence-corrected chi connectivity index (χ1v) is 9.24. The molecule has 0 saturated carbocycles. The first-order chi connectivity index (χ1) is 10.6. The Morgan fingerprint density at radius 2 is 1.96 bits per heavy atom. The lowest BCUT2D eigenvalue weighted by Gasteiger charge is -2.26. The molecule has 0 saturated heterocycles. The topological polar surface area (TPSA) is 50.4 Å². The number of thiophene rings is 1. The number of alkyl carbamates (subject to hydrolysis) is 1. The van der Waals surface area contributed by atoms with Crippen LogP contribution in [0.25, 0.3) is 0 Å². The van der Waals surface area contributed by atoms with Crippen molar-refractivity contribution in [2.45, 2.75) is 65.6 Å². The van der Waals surface area contributed by atoms with Crippen LogP contribution in [0.1, 0.15) is 58.9 Å². The van der Waals surface area contributed by atoms with Crippen LogP contribution >= 0.6 is 22.9 Å². The van der Waals surface area contributed by atoms with Crippen LogP contribution in [0, 0.1) is 5.92 Å². The summed E-state index contributed by atoms with van der Waals surface area (Å²) in [6.45, 7) is 12.6. The highest BCUT2D eigenvalue weighted by Crippen LogP contribution is 2.27. The van der Waals surface area contributed by atoms with Crippen molar-refractivity contribution in [1.29, 1.82) is 0 Å². The number of rotatable bonds is 7. The van der Waals surface area contributed by atoms with E-state index in [0.717, 1.165) is 10.8 Å². The monoisotopic (exact) mass is 360 g/mol. The van der Waals surface area contributed by atoms with Gasteiger partial charge in [-0.15, -0.1) is 11.3 Å². The molecule has 0 aliphatic rings. The smallest absolute Gasteiger partial charge is 0.407 e. The second-order valence-corrected chi connectivity index (χ2v) is 8.99. The third-order valence-electron chi connectivity index (χ3n) is 3.15. The highest BCUT2D eigenvalue weighted by Gasteiger charge is 2.20. The highest BCUT2D eigenvalue weighted by molar-refractivity contribution is 7.16. The molecule has 6 heteroatoms. The summed E-state index contributed by atoms with van der Waals surface area (Å²) in [5.41, 5.74) is -0.480. The molecular weight excluding hydrogens is 332 g/mol. The Hall–Kier alpha value is -0.780. The van der Waals surface area contributed by atoms with Crippen LogP contribution in [0.2, 0.25) is 4.34 Å². The van der Waals surface area contributed by atoms with Gasteiger partial charge in [0.25, 0.3) is 0 Å². The van der Waals surface area contributed by atoms with Crippen LogP contribution < -0.4 is 10.6 Å². The Morgan fingerprint density at radius 3 is 2.43 bits per heavy atom. The molecule has 0 aliphatic carbocycles. The van der Waals surface area contributed by atoms with Crippen molar-refractivity contribution in [2.75, 3.05) is 6.54 Å². The van der Waals surface area contributed by atoms with E-state index < -0.39 is 5.60 Å². The number of ether oxygens (including phenoxy) is 1. The maximum atomic E-state index is 11.8. The zero-order chi connectivity index (χ0) is 17.6. The molecule has 0 bridgehead atoms. The summed E-state index contributed by atoms with van der Waals surface area (Å²) in [4.78, 5) is 13.0. The summed E-state index contributed by atoms with van der Waals surface area (Å²) in [5, 5.41) is 6.44. The molecule has 1 amide bonds. The Labute approximate surface area is 148 Å². The molecule has 23 heavy (non-hydrogen) atoms. The molecule has 1 rings (SSSR count). The van der Waals surface area contributed by atoms with Gasteiger partial charge in [-0.25, -0.2) is 4.79 Å². The molecule has 0 aromatic carbocycles. The number of hydrogen-bond donors (Lipinski definition) is 2. The van der Waals surface area contributed by atoms with E-state index in [2.05, 4.69) is 31.4 Å². The summed E-state index contributed by atoms with van der Waals surface area (Å²) in [5.74, 6) is 0.534. The van der Waals surface area contributed by atoms with E-state index in [9.17, 15) is 4.79 Å². The van der Waals surface area contributed by atoms with Gasteiger partial charge in [0.05, 0.1) is 4.34 Å². The van der Waals surface area contributed by atoms with Gasteiger partial charge >= 0.3 is 6.09 Å². The van der Waals surface area contributed by atoms with Gasteiger partial charge in [-0.2, -0.15) is 0 Å². The summed E-state index contributed by atoms with van der Waals surface area (Å²) >= 11 is 7.59. The minimum absolute atomic E-state index is 0.179. The average Bonchev–Trinajstić information content (AvgIpc) is 2.80. The number of hydrogen-bond acceptors (Lipinski definition) is 4. The molecule has 1 aromatic rings. The van der Waals surface area contributed by atoms with Crippen molar-refractivity contribution in [2.24, 2.45) is 5.92 Å². The Kier molecular flexibility index (Phi) is 7.84. The Bertz CT molecular complexity index is 497. The van der Waals surface area contributed by atoms with Gasteiger partial charge < -0.3 is 15.4 Å². The zero-order valence-electron chi connectivity index (χ0n) is 14.9. The fraction of sp³-hybridized carbons (Fsp3) is 0.706. The summed E-state index contributed by atoms with van der Waals surface area (Å²) in [6, 6.07) is 4.32. The maximum absolute atomic E-state index is 11.8. The first kappa shape index (κ1) is 20.3. The largest absolute Gasteiger partial charge is 0.444 e. The van der Waals surface area contributed by atoms with Crippen LogP contribution in [-0.4, -0.2) is 24.3 Å². The number of nitrogens with one attached hydrogen (secondary N) is 2. The first-order valence-electron chi connectivity index (χ1n) is 8.05. The molecule has 1 aromatic heterocycles. The van der Waals surface area contributed by atoms with Crippen molar-refractivity contribution in [3.8, 4) is 0 Å². The molecule has 0 fully saturated rings. The summed E-state index contributed by atoms with van der Waals surface area (Å²) < 4.78 is 6.09. The second-order valence-electron chi connectivity index (χ2n) is 7.24. The SMILES string of the molecule is CC(C)CC(CNC(=O)OC(C)(C)C)NC(C)c1ccc(Cl)s1. The quantitative estimate of drug-likeness (QED) is 0.720. The molecule has 2 unspecified atom stereocenters. The van der Waals surface area contributed by atoms with Crippen molar-refractivity contribution < 1.29 is 9.53 Å². The van der Waals surface area contributed by atoms with Crippen molar-refractivity contribution in [3.05, 3.63) is 21.3 Å². The van der Waals surface area contributed by atoms with Gasteiger partial charge in [-0.05, 0) is 52.2 Å². The van der Waals surface area contributed by atoms with Crippen LogP contribution in [0.15, 0.2) is 12.1 Å². The van der Waals surface area contributed by atoms with Crippen LogP contribution in [0.5, 0.6) is 0 Å². The lowest BCUT2D eigenvalue weighted by Crippen LogP contribution is -2.44. The summed E-state index contributed by atoms with van der Waals surface area (Å²) in [7, 11) is 0. The molecule has 132 valence electrons. The predicted octanol–water partition coefficient (Wildman–Crippen LogP) is 4.99. The minimum atomic E-state index is -0.480. The molecular formula is C17H29ClN2O2S. The van der Waals surface area contributed by atoms with E-state index in [1.165, 1.54) is 4.88 Å². The van der Waals surface area contributed by atoms with Gasteiger partial charge in [-0.1, -0.05) is 25.4 Å². The zero-order valence-corrected chi connectivity index (χ0v) is 16.5. The van der Waals surface area contributed by atoms with E-state index in [1.807, 2.05) is 32.9 Å². The lowest BCUT2D eigenvalue weighted by molar-refractivity contribution is 0.0520. The van der Waals surface area contributed by atoms with Gasteiger partial charge in [0.1, 0.15) is 5.60 Å². The molecule has 0 spiro atoms.